The molecule has 0 unspecified atom stereocenters. The molecule has 4 aromatic rings. The second kappa shape index (κ2) is 7.96. The number of anilines is 2. The Kier molecular flexibility index (Phi) is 4.73. The average molecular weight is 503 g/mol. The topological polar surface area (TPSA) is 66.5 Å². The van der Waals surface area contributed by atoms with Crippen molar-refractivity contribution in [2.75, 3.05) is 10.2 Å². The Morgan fingerprint density at radius 1 is 0.921 bits per heavy atom. The fourth-order valence-electron chi connectivity index (χ4n) is 6.88. The van der Waals surface area contributed by atoms with Crippen LogP contribution in [0.2, 0.25) is 0 Å². The molecule has 1 amide bonds. The Hall–Kier alpha value is -4.58. The van der Waals surface area contributed by atoms with E-state index in [2.05, 4.69) is 5.32 Å². The van der Waals surface area contributed by atoms with Gasteiger partial charge < -0.3 is 10.2 Å². The van der Waals surface area contributed by atoms with Crippen LogP contribution in [0.4, 0.5) is 15.8 Å². The molecule has 5 nitrogen and oxygen atoms in total. The number of amides is 1. The van der Waals surface area contributed by atoms with Crippen LogP contribution >= 0.6 is 0 Å². The van der Waals surface area contributed by atoms with Gasteiger partial charge in [-0.15, -0.1) is 0 Å². The number of nitrogens with zero attached hydrogens (tertiary/aromatic N) is 1. The molecule has 6 heteroatoms. The molecular formula is C32H23FN2O3. The number of fused-ring (bicyclic) bond motifs is 8. The lowest BCUT2D eigenvalue weighted by atomic mass is 9.64. The number of hydrogen-bond donors (Lipinski definition) is 1. The summed E-state index contributed by atoms with van der Waals surface area (Å²) >= 11 is 0. The van der Waals surface area contributed by atoms with E-state index in [0.717, 1.165) is 22.0 Å². The highest BCUT2D eigenvalue weighted by Crippen LogP contribution is 2.58. The smallest absolute Gasteiger partial charge is 0.238 e. The number of carbonyl (C=O) groups excluding carboxylic acids is 3. The van der Waals surface area contributed by atoms with Gasteiger partial charge in [0.2, 0.25) is 5.91 Å². The zero-order chi connectivity index (χ0) is 26.2. The maximum atomic E-state index is 14.4. The van der Waals surface area contributed by atoms with E-state index in [9.17, 15) is 18.8 Å². The van der Waals surface area contributed by atoms with Crippen molar-refractivity contribution in [2.24, 2.45) is 5.92 Å². The molecule has 1 N–H and O–H groups in total. The van der Waals surface area contributed by atoms with Gasteiger partial charge in [-0.1, -0.05) is 60.7 Å². The van der Waals surface area contributed by atoms with Gasteiger partial charge >= 0.3 is 0 Å². The predicted molar refractivity (Wildman–Crippen MR) is 145 cm³/mol. The third-order valence-electron chi connectivity index (χ3n) is 8.37. The summed E-state index contributed by atoms with van der Waals surface area (Å²) in [5.74, 6) is -2.37. The summed E-state index contributed by atoms with van der Waals surface area (Å²) in [5, 5.41) is 5.09. The van der Waals surface area contributed by atoms with E-state index >= 15 is 0 Å². The Morgan fingerprint density at radius 2 is 1.66 bits per heavy atom. The second-order valence-corrected chi connectivity index (χ2v) is 10.2. The number of nitrogens with one attached hydrogen (secondary N) is 1. The molecule has 38 heavy (non-hydrogen) atoms. The fourth-order valence-corrected chi connectivity index (χ4v) is 6.88. The predicted octanol–water partition coefficient (Wildman–Crippen LogP) is 5.54. The molecule has 4 aromatic carbocycles. The lowest BCUT2D eigenvalue weighted by Gasteiger charge is -2.38. The summed E-state index contributed by atoms with van der Waals surface area (Å²) in [7, 11) is 0. The van der Waals surface area contributed by atoms with E-state index in [0.29, 0.717) is 11.3 Å². The number of para-hydroxylation sites is 1. The van der Waals surface area contributed by atoms with Crippen LogP contribution in [0, 0.1) is 11.7 Å². The summed E-state index contributed by atoms with van der Waals surface area (Å²) in [5.41, 5.74) is 2.00. The molecule has 1 fully saturated rings. The van der Waals surface area contributed by atoms with Crippen LogP contribution in [0.1, 0.15) is 28.4 Å². The van der Waals surface area contributed by atoms with Crippen molar-refractivity contribution in [3.63, 3.8) is 0 Å². The molecule has 1 saturated heterocycles. The molecule has 0 radical (unpaired) electrons. The van der Waals surface area contributed by atoms with Crippen LogP contribution in [0.3, 0.4) is 0 Å². The normalized spacial score (nSPS) is 24.7. The molecule has 7 rings (SSSR count). The summed E-state index contributed by atoms with van der Waals surface area (Å²) < 4.78 is 13.8. The third-order valence-corrected chi connectivity index (χ3v) is 8.37. The van der Waals surface area contributed by atoms with E-state index in [-0.39, 0.29) is 23.0 Å². The monoisotopic (exact) mass is 502 g/mol. The van der Waals surface area contributed by atoms with Gasteiger partial charge in [0.05, 0.1) is 18.0 Å². The Labute approximate surface area is 218 Å². The molecule has 4 atom stereocenters. The molecule has 0 saturated carbocycles. The standard InChI is InChI=1S/C32H23FN2O3/c1-18(36)29-28(30(37)20-10-13-21(33)14-11-20)32(24-8-4-5-9-25(24)34-31(32)38)27-17-15-23-22-7-3-2-6-19(22)12-16-26(23)35(27)29/h2-17,27-29H,1H3,(H,34,38)/t27-,28+,29-,32-/m1/s1. The van der Waals surface area contributed by atoms with Crippen molar-refractivity contribution in [2.45, 2.75) is 24.4 Å². The fraction of sp³-hybridized carbons (Fsp3) is 0.156. The highest BCUT2D eigenvalue weighted by molar-refractivity contribution is 6.17. The van der Waals surface area contributed by atoms with E-state index in [1.807, 2.05) is 77.7 Å². The van der Waals surface area contributed by atoms with Gasteiger partial charge in [0, 0.05) is 22.5 Å². The van der Waals surface area contributed by atoms with E-state index in [1.54, 1.807) is 0 Å². The van der Waals surface area contributed by atoms with Crippen molar-refractivity contribution in [1.82, 2.24) is 0 Å². The minimum Gasteiger partial charge on any atom is -0.352 e. The Balaban J connectivity index is 1.53. The molecule has 0 aliphatic carbocycles. The lowest BCUT2D eigenvalue weighted by molar-refractivity contribution is -0.122. The quantitative estimate of drug-likeness (QED) is 0.374. The van der Waals surface area contributed by atoms with Crippen LogP contribution in [-0.2, 0) is 15.0 Å². The van der Waals surface area contributed by atoms with Crippen LogP contribution in [0.5, 0.6) is 0 Å². The highest BCUT2D eigenvalue weighted by Gasteiger charge is 2.69. The first-order valence-corrected chi connectivity index (χ1v) is 12.6. The average Bonchev–Trinajstić information content (AvgIpc) is 3.41. The number of ketones is 2. The molecule has 0 bridgehead atoms. The molecule has 3 aliphatic heterocycles. The van der Waals surface area contributed by atoms with Crippen LogP contribution in [0.25, 0.3) is 16.8 Å². The van der Waals surface area contributed by atoms with Gasteiger partial charge in [0.25, 0.3) is 0 Å². The van der Waals surface area contributed by atoms with Gasteiger partial charge in [-0.3, -0.25) is 14.4 Å². The van der Waals surface area contributed by atoms with Crippen molar-refractivity contribution in [1.29, 1.82) is 0 Å². The second-order valence-electron chi connectivity index (χ2n) is 10.2. The number of hydrogen-bond acceptors (Lipinski definition) is 4. The lowest BCUT2D eigenvalue weighted by Crippen LogP contribution is -2.51. The summed E-state index contributed by atoms with van der Waals surface area (Å²) in [6.45, 7) is 1.48. The van der Waals surface area contributed by atoms with Gasteiger partial charge in [-0.05, 0) is 59.7 Å². The first-order chi connectivity index (χ1) is 18.4. The minimum atomic E-state index is -1.35. The van der Waals surface area contributed by atoms with Gasteiger partial charge in [0.1, 0.15) is 11.2 Å². The van der Waals surface area contributed by atoms with E-state index < -0.39 is 29.2 Å². The highest BCUT2D eigenvalue weighted by atomic mass is 19.1. The molecular weight excluding hydrogens is 479 g/mol. The molecule has 186 valence electrons. The van der Waals surface area contributed by atoms with Gasteiger partial charge in [-0.25, -0.2) is 4.39 Å². The molecule has 0 aromatic heterocycles. The Morgan fingerprint density at radius 3 is 2.45 bits per heavy atom. The first-order valence-electron chi connectivity index (χ1n) is 12.6. The van der Waals surface area contributed by atoms with Crippen molar-refractivity contribution in [3.8, 4) is 0 Å². The van der Waals surface area contributed by atoms with Gasteiger partial charge in [-0.2, -0.15) is 0 Å². The van der Waals surface area contributed by atoms with E-state index in [1.165, 1.54) is 31.2 Å². The first kappa shape index (κ1) is 22.6. The van der Waals surface area contributed by atoms with Crippen molar-refractivity contribution < 1.29 is 18.8 Å². The largest absolute Gasteiger partial charge is 0.352 e. The number of benzene rings is 4. The summed E-state index contributed by atoms with van der Waals surface area (Å²) in [6, 6.07) is 23.2. The molecule has 3 heterocycles. The van der Waals surface area contributed by atoms with E-state index in [4.69, 9.17) is 0 Å². The number of halogens is 1. The number of rotatable bonds is 3. The number of carbonyl (C=O) groups is 3. The maximum Gasteiger partial charge on any atom is 0.238 e. The maximum absolute atomic E-state index is 14.4. The molecule has 3 aliphatic rings. The zero-order valence-electron chi connectivity index (χ0n) is 20.5. The van der Waals surface area contributed by atoms with Gasteiger partial charge in [0.15, 0.2) is 11.6 Å². The zero-order valence-corrected chi connectivity index (χ0v) is 20.5. The van der Waals surface area contributed by atoms with Crippen LogP contribution < -0.4 is 10.2 Å². The van der Waals surface area contributed by atoms with Crippen molar-refractivity contribution in [3.05, 3.63) is 114 Å². The molecule has 1 spiro atoms. The summed E-state index contributed by atoms with van der Waals surface area (Å²) in [4.78, 5) is 44.0. The minimum absolute atomic E-state index is 0.209. The van der Waals surface area contributed by atoms with Crippen LogP contribution in [0.15, 0.2) is 91.0 Å². The Bertz CT molecular complexity index is 1710. The van der Waals surface area contributed by atoms with Crippen LogP contribution in [-0.4, -0.2) is 29.6 Å². The summed E-state index contributed by atoms with van der Waals surface area (Å²) in [6.07, 6.45) is 3.97. The SMILES string of the molecule is CC(=O)[C@@H]1[C@@H](C(=O)c2ccc(F)cc2)[C@]2(C(=O)Nc3ccccc32)[C@H]2C=Cc3c(ccc4ccccc34)N12. The third kappa shape index (κ3) is 2.83. The van der Waals surface area contributed by atoms with Crippen molar-refractivity contribution >= 4 is 45.7 Å². The number of Topliss-reactive ketones (excluding diaryl/α,β-unsaturated/α-hetero) is 2.